The number of rotatable bonds is 4. The van der Waals surface area contributed by atoms with E-state index < -0.39 is 42.8 Å². The number of hydrogen-bond donors (Lipinski definition) is 6. The van der Waals surface area contributed by atoms with Crippen LogP contribution in [0.15, 0.2) is 61.2 Å². The molecule has 11 heteroatoms. The minimum atomic E-state index is -1.39. The van der Waals surface area contributed by atoms with E-state index in [0.29, 0.717) is 23.1 Å². The quantitative estimate of drug-likeness (QED) is 0.178. The van der Waals surface area contributed by atoms with Crippen LogP contribution < -0.4 is 11.1 Å². The molecule has 8 rings (SSSR count). The number of aliphatic hydroxyl groups is 4. The highest BCUT2D eigenvalue weighted by Crippen LogP contribution is 2.45. The molecule has 0 saturated carbocycles. The van der Waals surface area contributed by atoms with E-state index in [1.807, 2.05) is 30.3 Å². The molecule has 7 N–H and O–H groups in total. The first-order valence-electron chi connectivity index (χ1n) is 13.6. The largest absolute Gasteiger partial charge is 0.390 e. The van der Waals surface area contributed by atoms with Gasteiger partial charge < -0.3 is 36.2 Å². The Bertz CT molecular complexity index is 1930. The van der Waals surface area contributed by atoms with Gasteiger partial charge in [-0.25, -0.2) is 15.0 Å². The van der Waals surface area contributed by atoms with Gasteiger partial charge >= 0.3 is 0 Å². The molecule has 3 heterocycles. The Balaban J connectivity index is 1.15. The fraction of sp³-hybridized carbons (Fsp3) is 0.300. The number of aliphatic hydroxyl groups excluding tert-OH is 4. The second-order valence-electron chi connectivity index (χ2n) is 11.1. The fourth-order valence-corrected chi connectivity index (χ4v) is 6.80. The number of hydrogen-bond acceptors (Lipinski definition) is 10. The topological polar surface area (TPSA) is 172 Å². The highest BCUT2D eigenvalue weighted by atomic mass is 16.5. The van der Waals surface area contributed by atoms with Crippen LogP contribution in [0.4, 0.5) is 5.82 Å². The van der Waals surface area contributed by atoms with Crippen molar-refractivity contribution in [1.82, 2.24) is 24.8 Å². The third kappa shape index (κ3) is 3.58. The lowest BCUT2D eigenvalue weighted by atomic mass is 9.77. The van der Waals surface area contributed by atoms with Gasteiger partial charge in [0, 0.05) is 13.0 Å². The van der Waals surface area contributed by atoms with Crippen molar-refractivity contribution < 1.29 is 25.2 Å². The van der Waals surface area contributed by atoms with Crippen molar-refractivity contribution >= 4 is 49.3 Å². The minimum absolute atomic E-state index is 0.188. The zero-order valence-corrected chi connectivity index (χ0v) is 21.8. The molecule has 1 saturated heterocycles. The van der Waals surface area contributed by atoms with Gasteiger partial charge in [0.1, 0.15) is 36.4 Å². The van der Waals surface area contributed by atoms with Gasteiger partial charge in [-0.2, -0.15) is 0 Å². The summed E-state index contributed by atoms with van der Waals surface area (Å²) in [6.45, 7) is 0.188. The molecule has 7 atom stereocenters. The smallest absolute Gasteiger partial charge is 0.167 e. The van der Waals surface area contributed by atoms with E-state index in [1.54, 1.807) is 10.9 Å². The molecule has 0 amide bonds. The highest BCUT2D eigenvalue weighted by Gasteiger charge is 2.43. The lowest BCUT2D eigenvalue weighted by Crippen LogP contribution is -2.49. The molecule has 41 heavy (non-hydrogen) atoms. The van der Waals surface area contributed by atoms with Crippen molar-refractivity contribution in [1.29, 1.82) is 0 Å². The van der Waals surface area contributed by atoms with Crippen LogP contribution >= 0.6 is 0 Å². The van der Waals surface area contributed by atoms with Gasteiger partial charge in [-0.1, -0.05) is 42.5 Å². The maximum atomic E-state index is 11.2. The van der Waals surface area contributed by atoms with Crippen LogP contribution in [0, 0.1) is 0 Å². The van der Waals surface area contributed by atoms with E-state index in [1.165, 1.54) is 6.33 Å². The first-order valence-corrected chi connectivity index (χ1v) is 13.6. The molecule has 1 aliphatic heterocycles. The molecule has 2 aromatic heterocycles. The number of nitrogen functional groups attached to an aromatic ring is 1. The Kier molecular flexibility index (Phi) is 5.45. The van der Waals surface area contributed by atoms with Crippen molar-refractivity contribution in [3.05, 3.63) is 72.3 Å². The standard InChI is InChI=1S/C30H28N6O5/c31-29-25-30(34-11-33-29)36(12-35-25)20-9-18(37)19(41-20)10-32-24-23-16-7-6-14-3-1-2-13-4-5-15(22(16)21(13)14)8-17(23)26(38)28(40)27(24)39/h1-8,11-12,18-20,24,26-28,32,37-40H,9-10H2,(H2,31,33,34)/t18-,19+,20+,24+,26-,27-,28+/m0/s1. The molecule has 0 radical (unpaired) electrons. The van der Waals surface area contributed by atoms with Crippen LogP contribution in [0.3, 0.4) is 0 Å². The van der Waals surface area contributed by atoms with Gasteiger partial charge in [-0.05, 0) is 49.5 Å². The van der Waals surface area contributed by atoms with E-state index in [4.69, 9.17) is 10.5 Å². The third-order valence-electron chi connectivity index (χ3n) is 8.81. The Hall–Kier alpha value is -3.97. The molecule has 0 unspecified atom stereocenters. The molecular formula is C30H28N6O5. The van der Waals surface area contributed by atoms with Crippen molar-refractivity contribution in [2.24, 2.45) is 0 Å². The molecule has 208 valence electrons. The number of nitrogens with zero attached hydrogens (tertiary/aromatic N) is 4. The molecule has 6 aromatic rings. The average Bonchev–Trinajstić information content (AvgIpc) is 3.58. The SMILES string of the molecule is Nc1ncnc2c1ncn2[C@H]1C[C@H](O)[C@@H](CN[C@@H]2c3c(cc4ccc5cccc6ccc3c4c56)[C@H](O)[C@@H](O)[C@H]2O)O1. The van der Waals surface area contributed by atoms with E-state index in [9.17, 15) is 20.4 Å². The van der Waals surface area contributed by atoms with Crippen molar-refractivity contribution in [2.45, 2.75) is 49.2 Å². The summed E-state index contributed by atoms with van der Waals surface area (Å²) in [5.74, 6) is 0.265. The minimum Gasteiger partial charge on any atom is -0.390 e. The molecule has 11 nitrogen and oxygen atoms in total. The Morgan fingerprint density at radius 1 is 0.927 bits per heavy atom. The van der Waals surface area contributed by atoms with Gasteiger partial charge in [-0.3, -0.25) is 4.57 Å². The second kappa shape index (κ2) is 9.02. The Morgan fingerprint density at radius 3 is 2.54 bits per heavy atom. The van der Waals surface area contributed by atoms with E-state index in [2.05, 4.69) is 38.5 Å². The molecule has 4 aromatic carbocycles. The van der Waals surface area contributed by atoms with E-state index in [-0.39, 0.29) is 12.4 Å². The maximum absolute atomic E-state index is 11.2. The van der Waals surface area contributed by atoms with Crippen molar-refractivity contribution in [2.75, 3.05) is 12.3 Å². The number of nitrogens with two attached hydrogens (primary N) is 1. The number of ether oxygens (including phenoxy) is 1. The fourth-order valence-electron chi connectivity index (χ4n) is 6.80. The predicted molar refractivity (Wildman–Crippen MR) is 152 cm³/mol. The van der Waals surface area contributed by atoms with E-state index in [0.717, 1.165) is 37.9 Å². The van der Waals surface area contributed by atoms with Crippen LogP contribution in [0.2, 0.25) is 0 Å². The molecule has 1 fully saturated rings. The summed E-state index contributed by atoms with van der Waals surface area (Å²) in [5, 5.41) is 53.6. The van der Waals surface area contributed by atoms with E-state index >= 15 is 0 Å². The number of nitrogens with one attached hydrogen (secondary N) is 1. The normalized spacial score (nSPS) is 28.3. The monoisotopic (exact) mass is 552 g/mol. The van der Waals surface area contributed by atoms with Crippen LogP contribution in [-0.4, -0.2) is 70.9 Å². The summed E-state index contributed by atoms with van der Waals surface area (Å²) in [5.41, 5.74) is 8.21. The summed E-state index contributed by atoms with van der Waals surface area (Å²) in [7, 11) is 0. The van der Waals surface area contributed by atoms with Gasteiger partial charge in [0.25, 0.3) is 0 Å². The molecule has 1 aliphatic carbocycles. The maximum Gasteiger partial charge on any atom is 0.167 e. The lowest BCUT2D eigenvalue weighted by molar-refractivity contribution is -0.0874. The summed E-state index contributed by atoms with van der Waals surface area (Å²) in [6.07, 6.45) is -2.63. The lowest BCUT2D eigenvalue weighted by Gasteiger charge is -2.39. The number of anilines is 1. The Labute approximate surface area is 233 Å². The summed E-state index contributed by atoms with van der Waals surface area (Å²) in [6, 6.07) is 15.5. The predicted octanol–water partition coefficient (Wildman–Crippen LogP) is 2.05. The summed E-state index contributed by atoms with van der Waals surface area (Å²) in [4.78, 5) is 12.5. The summed E-state index contributed by atoms with van der Waals surface area (Å²) < 4.78 is 7.95. The zero-order valence-electron chi connectivity index (χ0n) is 21.8. The second-order valence-corrected chi connectivity index (χ2v) is 11.1. The molecular weight excluding hydrogens is 524 g/mol. The molecule has 0 spiro atoms. The number of benzene rings is 4. The van der Waals surface area contributed by atoms with Crippen LogP contribution in [0.25, 0.3) is 43.5 Å². The first-order chi connectivity index (χ1) is 19.9. The van der Waals surface area contributed by atoms with Crippen molar-refractivity contribution in [3.8, 4) is 0 Å². The zero-order chi connectivity index (χ0) is 28.0. The summed E-state index contributed by atoms with van der Waals surface area (Å²) >= 11 is 0. The van der Waals surface area contributed by atoms with Crippen LogP contribution in [0.5, 0.6) is 0 Å². The van der Waals surface area contributed by atoms with Gasteiger partial charge in [-0.15, -0.1) is 0 Å². The van der Waals surface area contributed by atoms with Gasteiger partial charge in [0.05, 0.1) is 24.6 Å². The first kappa shape index (κ1) is 24.8. The third-order valence-corrected chi connectivity index (χ3v) is 8.81. The van der Waals surface area contributed by atoms with Crippen LogP contribution in [0.1, 0.15) is 35.9 Å². The molecule has 0 bridgehead atoms. The van der Waals surface area contributed by atoms with Gasteiger partial charge in [0.15, 0.2) is 11.5 Å². The Morgan fingerprint density at radius 2 is 1.71 bits per heavy atom. The highest BCUT2D eigenvalue weighted by molar-refractivity contribution is 6.23. The number of fused-ring (bicyclic) bond motifs is 3. The number of imidazole rings is 1. The average molecular weight is 553 g/mol. The van der Waals surface area contributed by atoms with Crippen molar-refractivity contribution in [3.63, 3.8) is 0 Å². The van der Waals surface area contributed by atoms with Gasteiger partial charge in [0.2, 0.25) is 0 Å². The number of aromatic nitrogens is 4. The van der Waals surface area contributed by atoms with Crippen LogP contribution in [-0.2, 0) is 4.74 Å². The molecule has 2 aliphatic rings.